The molecule has 0 aromatic heterocycles. The smallest absolute Gasteiger partial charge is 0.123 e. The van der Waals surface area contributed by atoms with Crippen LogP contribution in [0.15, 0.2) is 18.2 Å². The van der Waals surface area contributed by atoms with E-state index in [9.17, 15) is 4.39 Å². The maximum absolute atomic E-state index is 13.2. The number of hydrogen-bond acceptors (Lipinski definition) is 1. The lowest BCUT2D eigenvalue weighted by atomic mass is 9.72. The summed E-state index contributed by atoms with van der Waals surface area (Å²) in [6.07, 6.45) is 8.39. The third-order valence-electron chi connectivity index (χ3n) is 4.71. The van der Waals surface area contributed by atoms with Crippen molar-refractivity contribution < 1.29 is 4.39 Å². The molecular weight excluding hydrogens is 213 g/mol. The van der Waals surface area contributed by atoms with Gasteiger partial charge in [0.1, 0.15) is 5.82 Å². The summed E-state index contributed by atoms with van der Waals surface area (Å²) in [4.78, 5) is 0. The van der Waals surface area contributed by atoms with Gasteiger partial charge in [-0.3, -0.25) is 0 Å². The van der Waals surface area contributed by atoms with Gasteiger partial charge in [-0.1, -0.05) is 25.3 Å². The van der Waals surface area contributed by atoms with Crippen LogP contribution in [0.1, 0.15) is 49.7 Å². The molecule has 3 rings (SSSR count). The second-order valence-electron chi connectivity index (χ2n) is 5.68. The molecule has 0 amide bonds. The maximum atomic E-state index is 13.2. The van der Waals surface area contributed by atoms with Crippen LogP contribution in [0.2, 0.25) is 0 Å². The highest BCUT2D eigenvalue weighted by atomic mass is 19.1. The molecule has 1 unspecified atom stereocenters. The van der Waals surface area contributed by atoms with Gasteiger partial charge in [-0.15, -0.1) is 0 Å². The summed E-state index contributed by atoms with van der Waals surface area (Å²) >= 11 is 0. The molecule has 1 fully saturated rings. The van der Waals surface area contributed by atoms with E-state index in [1.165, 1.54) is 37.7 Å². The molecule has 0 bridgehead atoms. The molecule has 0 aliphatic heterocycles. The van der Waals surface area contributed by atoms with Gasteiger partial charge in [0.2, 0.25) is 0 Å². The van der Waals surface area contributed by atoms with Crippen LogP contribution < -0.4 is 5.73 Å². The molecule has 2 N–H and O–H groups in total. The number of aryl methyl sites for hydroxylation is 1. The molecule has 1 aromatic carbocycles. The lowest BCUT2D eigenvalue weighted by Gasteiger charge is -2.37. The Labute approximate surface area is 102 Å². The topological polar surface area (TPSA) is 26.0 Å². The second-order valence-corrected chi connectivity index (χ2v) is 5.68. The number of nitrogens with two attached hydrogens (primary N) is 1. The Morgan fingerprint density at radius 2 is 1.94 bits per heavy atom. The molecule has 1 atom stereocenters. The van der Waals surface area contributed by atoms with E-state index in [-0.39, 0.29) is 11.4 Å². The number of rotatable bonds is 1. The Kier molecular flexibility index (Phi) is 2.70. The van der Waals surface area contributed by atoms with Crippen LogP contribution in [0.4, 0.5) is 4.39 Å². The van der Waals surface area contributed by atoms with Crippen LogP contribution in [-0.4, -0.2) is 0 Å². The first-order valence-electron chi connectivity index (χ1n) is 6.78. The lowest BCUT2D eigenvalue weighted by molar-refractivity contribution is 0.206. The average Bonchev–Trinajstić information content (AvgIpc) is 2.69. The summed E-state index contributed by atoms with van der Waals surface area (Å²) in [5, 5.41) is 0. The lowest BCUT2D eigenvalue weighted by Crippen LogP contribution is -2.43. The fourth-order valence-corrected chi connectivity index (χ4v) is 3.74. The Bertz CT molecular complexity index is 423. The first-order valence-corrected chi connectivity index (χ1v) is 6.78. The van der Waals surface area contributed by atoms with Crippen molar-refractivity contribution in [1.29, 1.82) is 0 Å². The summed E-state index contributed by atoms with van der Waals surface area (Å²) in [6, 6.07) is 5.16. The van der Waals surface area contributed by atoms with E-state index < -0.39 is 0 Å². The van der Waals surface area contributed by atoms with Crippen molar-refractivity contribution in [2.75, 3.05) is 0 Å². The van der Waals surface area contributed by atoms with Crippen LogP contribution in [0, 0.1) is 11.7 Å². The third-order valence-corrected chi connectivity index (χ3v) is 4.71. The predicted octanol–water partition coefficient (Wildman–Crippen LogP) is 3.51. The SMILES string of the molecule is NC1(C2CCCCC2)CCc2cc(F)ccc21. The van der Waals surface area contributed by atoms with Gasteiger partial charge in [0.25, 0.3) is 0 Å². The minimum atomic E-state index is -0.177. The van der Waals surface area contributed by atoms with Gasteiger partial charge in [0.15, 0.2) is 0 Å². The molecule has 0 radical (unpaired) electrons. The van der Waals surface area contributed by atoms with Crippen LogP contribution in [0.25, 0.3) is 0 Å². The molecule has 1 saturated carbocycles. The Balaban J connectivity index is 1.95. The van der Waals surface area contributed by atoms with Crippen molar-refractivity contribution in [1.82, 2.24) is 0 Å². The number of benzene rings is 1. The number of fused-ring (bicyclic) bond motifs is 1. The summed E-state index contributed by atoms with van der Waals surface area (Å²) in [5.74, 6) is 0.472. The summed E-state index contributed by atoms with van der Waals surface area (Å²) in [6.45, 7) is 0. The highest BCUT2D eigenvalue weighted by molar-refractivity contribution is 5.39. The normalized spacial score (nSPS) is 29.3. The summed E-state index contributed by atoms with van der Waals surface area (Å²) < 4.78 is 13.2. The van der Waals surface area contributed by atoms with Gasteiger partial charge in [0, 0.05) is 5.54 Å². The Morgan fingerprint density at radius 1 is 1.18 bits per heavy atom. The highest BCUT2D eigenvalue weighted by Gasteiger charge is 2.41. The fourth-order valence-electron chi connectivity index (χ4n) is 3.74. The fraction of sp³-hybridized carbons (Fsp3) is 0.600. The van der Waals surface area contributed by atoms with Gasteiger partial charge < -0.3 is 5.73 Å². The van der Waals surface area contributed by atoms with Gasteiger partial charge in [0.05, 0.1) is 0 Å². The van der Waals surface area contributed by atoms with Gasteiger partial charge in [-0.05, 0) is 54.9 Å². The molecule has 1 aromatic rings. The quantitative estimate of drug-likeness (QED) is 0.789. The molecule has 0 saturated heterocycles. The zero-order chi connectivity index (χ0) is 11.9. The van der Waals surface area contributed by atoms with Crippen LogP contribution in [-0.2, 0) is 12.0 Å². The van der Waals surface area contributed by atoms with Crippen LogP contribution >= 0.6 is 0 Å². The van der Waals surface area contributed by atoms with Crippen molar-refractivity contribution in [3.8, 4) is 0 Å². The standard InChI is InChI=1S/C15H20FN/c16-13-6-7-14-11(10-13)8-9-15(14,17)12-4-2-1-3-5-12/h6-7,10,12H,1-5,8-9,17H2. The van der Waals surface area contributed by atoms with E-state index in [1.807, 2.05) is 6.07 Å². The van der Waals surface area contributed by atoms with Crippen molar-refractivity contribution in [3.63, 3.8) is 0 Å². The first-order chi connectivity index (χ1) is 8.20. The molecular formula is C15H20FN. The highest BCUT2D eigenvalue weighted by Crippen LogP contribution is 2.45. The monoisotopic (exact) mass is 233 g/mol. The molecule has 17 heavy (non-hydrogen) atoms. The average molecular weight is 233 g/mol. The van der Waals surface area contributed by atoms with E-state index >= 15 is 0 Å². The Morgan fingerprint density at radius 3 is 2.71 bits per heavy atom. The predicted molar refractivity (Wildman–Crippen MR) is 67.2 cm³/mol. The zero-order valence-corrected chi connectivity index (χ0v) is 10.2. The minimum Gasteiger partial charge on any atom is -0.321 e. The molecule has 1 nitrogen and oxygen atoms in total. The third kappa shape index (κ3) is 1.79. The maximum Gasteiger partial charge on any atom is 0.123 e. The van der Waals surface area contributed by atoms with Gasteiger partial charge in [-0.25, -0.2) is 4.39 Å². The van der Waals surface area contributed by atoms with Crippen molar-refractivity contribution in [2.24, 2.45) is 11.7 Å². The van der Waals surface area contributed by atoms with Crippen molar-refractivity contribution in [3.05, 3.63) is 35.1 Å². The van der Waals surface area contributed by atoms with E-state index in [2.05, 4.69) is 0 Å². The molecule has 2 aliphatic rings. The van der Waals surface area contributed by atoms with Gasteiger partial charge >= 0.3 is 0 Å². The van der Waals surface area contributed by atoms with E-state index in [0.717, 1.165) is 18.4 Å². The molecule has 2 aliphatic carbocycles. The molecule has 92 valence electrons. The van der Waals surface area contributed by atoms with Crippen molar-refractivity contribution >= 4 is 0 Å². The minimum absolute atomic E-state index is 0.128. The largest absolute Gasteiger partial charge is 0.321 e. The molecule has 0 heterocycles. The summed E-state index contributed by atoms with van der Waals surface area (Å²) in [5.41, 5.74) is 8.85. The van der Waals surface area contributed by atoms with Crippen LogP contribution in [0.5, 0.6) is 0 Å². The Hall–Kier alpha value is -0.890. The number of halogens is 1. The second kappa shape index (κ2) is 4.09. The zero-order valence-electron chi connectivity index (χ0n) is 10.2. The van der Waals surface area contributed by atoms with E-state index in [0.29, 0.717) is 5.92 Å². The number of hydrogen-bond donors (Lipinski definition) is 1. The van der Waals surface area contributed by atoms with Crippen molar-refractivity contribution in [2.45, 2.75) is 50.5 Å². The van der Waals surface area contributed by atoms with E-state index in [1.54, 1.807) is 12.1 Å². The van der Waals surface area contributed by atoms with Gasteiger partial charge in [-0.2, -0.15) is 0 Å². The first kappa shape index (κ1) is 11.2. The van der Waals surface area contributed by atoms with E-state index in [4.69, 9.17) is 5.73 Å². The molecule has 0 spiro atoms. The summed E-state index contributed by atoms with van der Waals surface area (Å²) in [7, 11) is 0. The molecule has 2 heteroatoms. The van der Waals surface area contributed by atoms with Crippen LogP contribution in [0.3, 0.4) is 0 Å².